The molecule has 2 aromatic carbocycles. The Morgan fingerprint density at radius 2 is 2.05 bits per heavy atom. The maximum absolute atomic E-state index is 6.06. The van der Waals surface area contributed by atoms with E-state index in [0.29, 0.717) is 5.88 Å². The number of nitrogens with zero attached hydrogens (tertiary/aromatic N) is 2. The Labute approximate surface area is 135 Å². The summed E-state index contributed by atoms with van der Waals surface area (Å²) in [4.78, 5) is 4.60. The SMILES string of the molecule is COc1ccc2nc(CCl)n(-c3ccccc3I)c2c1. The van der Waals surface area contributed by atoms with Crippen LogP contribution in [0.5, 0.6) is 5.75 Å². The Kier molecular flexibility index (Phi) is 3.85. The van der Waals surface area contributed by atoms with Crippen molar-refractivity contribution in [2.75, 3.05) is 7.11 Å². The Morgan fingerprint density at radius 3 is 2.75 bits per heavy atom. The molecule has 20 heavy (non-hydrogen) atoms. The fraction of sp³-hybridized carbons (Fsp3) is 0.133. The Bertz CT molecular complexity index is 770. The summed E-state index contributed by atoms with van der Waals surface area (Å²) in [6, 6.07) is 14.0. The third kappa shape index (κ3) is 2.27. The highest BCUT2D eigenvalue weighted by Gasteiger charge is 2.14. The predicted octanol–water partition coefficient (Wildman–Crippen LogP) is 4.38. The summed E-state index contributed by atoms with van der Waals surface area (Å²) in [5.41, 5.74) is 3.00. The van der Waals surface area contributed by atoms with E-state index < -0.39 is 0 Å². The minimum atomic E-state index is 0.363. The molecule has 0 bridgehead atoms. The summed E-state index contributed by atoms with van der Waals surface area (Å²) in [5, 5.41) is 0. The number of hydrogen-bond donors (Lipinski definition) is 0. The third-order valence-electron chi connectivity index (χ3n) is 3.14. The molecule has 1 aromatic heterocycles. The zero-order valence-electron chi connectivity index (χ0n) is 10.8. The quantitative estimate of drug-likeness (QED) is 0.484. The first-order valence-electron chi connectivity index (χ1n) is 6.11. The number of aromatic nitrogens is 2. The number of halogens is 2. The second kappa shape index (κ2) is 5.61. The first-order valence-corrected chi connectivity index (χ1v) is 7.72. The van der Waals surface area contributed by atoms with Crippen LogP contribution in [0.15, 0.2) is 42.5 Å². The number of ether oxygens (including phenoxy) is 1. The monoisotopic (exact) mass is 398 g/mol. The van der Waals surface area contributed by atoms with E-state index in [0.717, 1.165) is 31.9 Å². The fourth-order valence-corrected chi connectivity index (χ4v) is 3.03. The summed E-state index contributed by atoms with van der Waals surface area (Å²) >= 11 is 8.38. The van der Waals surface area contributed by atoms with Gasteiger partial charge in [0.2, 0.25) is 0 Å². The molecule has 0 amide bonds. The van der Waals surface area contributed by atoms with Crippen molar-refractivity contribution in [1.29, 1.82) is 0 Å². The Balaban J connectivity index is 2.35. The van der Waals surface area contributed by atoms with Crippen molar-refractivity contribution in [2.45, 2.75) is 5.88 Å². The van der Waals surface area contributed by atoms with Gasteiger partial charge in [-0.15, -0.1) is 11.6 Å². The molecule has 0 aliphatic heterocycles. The van der Waals surface area contributed by atoms with Gasteiger partial charge in [0.1, 0.15) is 11.6 Å². The molecule has 102 valence electrons. The average molecular weight is 399 g/mol. The molecule has 0 spiro atoms. The normalized spacial score (nSPS) is 10.9. The van der Waals surface area contributed by atoms with E-state index in [9.17, 15) is 0 Å². The van der Waals surface area contributed by atoms with Crippen LogP contribution in [0.1, 0.15) is 5.82 Å². The maximum atomic E-state index is 6.06. The number of imidazole rings is 1. The molecule has 0 aliphatic carbocycles. The first kappa shape index (κ1) is 13.7. The van der Waals surface area contributed by atoms with Gasteiger partial charge < -0.3 is 4.74 Å². The van der Waals surface area contributed by atoms with Gasteiger partial charge in [-0.1, -0.05) is 12.1 Å². The lowest BCUT2D eigenvalue weighted by molar-refractivity contribution is 0.415. The molecule has 0 unspecified atom stereocenters. The smallest absolute Gasteiger partial charge is 0.129 e. The summed E-state index contributed by atoms with van der Waals surface area (Å²) in [7, 11) is 1.66. The van der Waals surface area contributed by atoms with Gasteiger partial charge in [-0.05, 0) is 46.9 Å². The van der Waals surface area contributed by atoms with Crippen LogP contribution in [0.25, 0.3) is 16.7 Å². The number of hydrogen-bond acceptors (Lipinski definition) is 2. The number of alkyl halides is 1. The number of fused-ring (bicyclic) bond motifs is 1. The van der Waals surface area contributed by atoms with Gasteiger partial charge in [-0.2, -0.15) is 0 Å². The molecule has 0 saturated heterocycles. The molecule has 0 atom stereocenters. The van der Waals surface area contributed by atoms with Crippen molar-refractivity contribution in [3.8, 4) is 11.4 Å². The van der Waals surface area contributed by atoms with Crippen LogP contribution < -0.4 is 4.74 Å². The molecule has 3 nitrogen and oxygen atoms in total. The second-order valence-corrected chi connectivity index (χ2v) is 5.73. The van der Waals surface area contributed by atoms with Crippen LogP contribution >= 0.6 is 34.2 Å². The van der Waals surface area contributed by atoms with E-state index >= 15 is 0 Å². The second-order valence-electron chi connectivity index (χ2n) is 4.30. The van der Waals surface area contributed by atoms with Crippen LogP contribution in [0.2, 0.25) is 0 Å². The van der Waals surface area contributed by atoms with Crippen LogP contribution in [-0.2, 0) is 5.88 Å². The van der Waals surface area contributed by atoms with Gasteiger partial charge in [0.15, 0.2) is 0 Å². The van der Waals surface area contributed by atoms with Gasteiger partial charge in [0, 0.05) is 9.64 Å². The molecule has 5 heteroatoms. The van der Waals surface area contributed by atoms with E-state index in [1.165, 1.54) is 0 Å². The number of benzene rings is 2. The summed E-state index contributed by atoms with van der Waals surface area (Å²) in [6.07, 6.45) is 0. The lowest BCUT2D eigenvalue weighted by atomic mass is 10.2. The Hall–Kier alpha value is -1.27. The van der Waals surface area contributed by atoms with Crippen LogP contribution in [0.3, 0.4) is 0 Å². The zero-order valence-corrected chi connectivity index (χ0v) is 13.7. The average Bonchev–Trinajstić information content (AvgIpc) is 2.85. The lowest BCUT2D eigenvalue weighted by Gasteiger charge is -2.10. The van der Waals surface area contributed by atoms with E-state index in [1.807, 2.05) is 30.3 Å². The molecular formula is C15H12ClIN2O. The highest BCUT2D eigenvalue weighted by atomic mass is 127. The topological polar surface area (TPSA) is 27.1 Å². The predicted molar refractivity (Wildman–Crippen MR) is 89.9 cm³/mol. The van der Waals surface area contributed by atoms with Crippen molar-refractivity contribution in [2.24, 2.45) is 0 Å². The van der Waals surface area contributed by atoms with Gasteiger partial charge in [-0.3, -0.25) is 4.57 Å². The highest BCUT2D eigenvalue weighted by molar-refractivity contribution is 14.1. The van der Waals surface area contributed by atoms with E-state index in [4.69, 9.17) is 16.3 Å². The summed E-state index contributed by atoms with van der Waals surface area (Å²) < 4.78 is 8.55. The summed E-state index contributed by atoms with van der Waals surface area (Å²) in [5.74, 6) is 2.01. The van der Waals surface area contributed by atoms with Gasteiger partial charge in [0.25, 0.3) is 0 Å². The molecule has 3 aromatic rings. The molecule has 0 aliphatic rings. The van der Waals surface area contributed by atoms with E-state index in [2.05, 4.69) is 44.3 Å². The summed E-state index contributed by atoms with van der Waals surface area (Å²) in [6.45, 7) is 0. The molecule has 0 N–H and O–H groups in total. The number of methoxy groups -OCH3 is 1. The van der Waals surface area contributed by atoms with Gasteiger partial charge in [-0.25, -0.2) is 4.98 Å². The number of rotatable bonds is 3. The molecule has 3 rings (SSSR count). The zero-order chi connectivity index (χ0) is 14.1. The molecular weight excluding hydrogens is 387 g/mol. The largest absolute Gasteiger partial charge is 0.497 e. The van der Waals surface area contributed by atoms with Crippen molar-refractivity contribution < 1.29 is 4.74 Å². The van der Waals surface area contributed by atoms with Crippen LogP contribution in [0, 0.1) is 3.57 Å². The fourth-order valence-electron chi connectivity index (χ4n) is 2.22. The molecule has 0 fully saturated rings. The lowest BCUT2D eigenvalue weighted by Crippen LogP contribution is -2.01. The molecule has 0 radical (unpaired) electrons. The van der Waals surface area contributed by atoms with Gasteiger partial charge >= 0.3 is 0 Å². The standard InChI is InChI=1S/C15H12ClIN2O/c1-20-10-6-7-12-14(8-10)19(15(9-16)18-12)13-5-3-2-4-11(13)17/h2-8H,9H2,1H3. The maximum Gasteiger partial charge on any atom is 0.129 e. The first-order chi connectivity index (χ1) is 9.74. The van der Waals surface area contributed by atoms with E-state index in [-0.39, 0.29) is 0 Å². The third-order valence-corrected chi connectivity index (χ3v) is 4.30. The van der Waals surface area contributed by atoms with Crippen molar-refractivity contribution >= 4 is 45.2 Å². The van der Waals surface area contributed by atoms with Crippen molar-refractivity contribution in [3.05, 3.63) is 51.9 Å². The Morgan fingerprint density at radius 1 is 1.25 bits per heavy atom. The van der Waals surface area contributed by atoms with Crippen LogP contribution in [-0.4, -0.2) is 16.7 Å². The van der Waals surface area contributed by atoms with Crippen LogP contribution in [0.4, 0.5) is 0 Å². The highest BCUT2D eigenvalue weighted by Crippen LogP contribution is 2.28. The van der Waals surface area contributed by atoms with Gasteiger partial charge in [0.05, 0.1) is 29.7 Å². The van der Waals surface area contributed by atoms with Crippen molar-refractivity contribution in [3.63, 3.8) is 0 Å². The molecule has 0 saturated carbocycles. The van der Waals surface area contributed by atoms with E-state index in [1.54, 1.807) is 7.11 Å². The number of para-hydroxylation sites is 1. The van der Waals surface area contributed by atoms with Crippen molar-refractivity contribution in [1.82, 2.24) is 9.55 Å². The minimum Gasteiger partial charge on any atom is -0.497 e. The molecule has 1 heterocycles. The minimum absolute atomic E-state index is 0.363.